The second-order valence-electron chi connectivity index (χ2n) is 5.46. The number of carboxylic acids is 1. The summed E-state index contributed by atoms with van der Waals surface area (Å²) in [5, 5.41) is 12.1. The molecule has 5 nitrogen and oxygen atoms in total. The van der Waals surface area contributed by atoms with Crippen molar-refractivity contribution < 1.29 is 14.6 Å². The maximum atomic E-state index is 11.3. The predicted octanol–water partition coefficient (Wildman–Crippen LogP) is 3.63. The Hall–Kier alpha value is -1.44. The minimum absolute atomic E-state index is 0.388. The Kier molecular flexibility index (Phi) is 4.99. The number of likely N-dealkylation sites (tertiary alicyclic amines) is 1. The van der Waals surface area contributed by atoms with Crippen LogP contribution in [0.1, 0.15) is 18.5 Å². The van der Waals surface area contributed by atoms with Gasteiger partial charge in [-0.1, -0.05) is 15.9 Å². The van der Waals surface area contributed by atoms with Gasteiger partial charge in [-0.25, -0.2) is 4.98 Å². The van der Waals surface area contributed by atoms with E-state index in [0.717, 1.165) is 39.5 Å². The van der Waals surface area contributed by atoms with Crippen LogP contribution in [0.5, 0.6) is 5.75 Å². The summed E-state index contributed by atoms with van der Waals surface area (Å²) in [4.78, 5) is 17.9. The Morgan fingerprint density at radius 2 is 2.39 bits per heavy atom. The van der Waals surface area contributed by atoms with Crippen molar-refractivity contribution in [2.45, 2.75) is 25.4 Å². The minimum atomic E-state index is -0.744. The lowest BCUT2D eigenvalue weighted by atomic mass is 10.2. The summed E-state index contributed by atoms with van der Waals surface area (Å²) in [6, 6.07) is 5.43. The molecule has 0 saturated carbocycles. The summed E-state index contributed by atoms with van der Waals surface area (Å²) < 4.78 is 6.37. The van der Waals surface area contributed by atoms with E-state index in [-0.39, 0.29) is 6.04 Å². The van der Waals surface area contributed by atoms with E-state index >= 15 is 0 Å². The van der Waals surface area contributed by atoms with Crippen molar-refractivity contribution in [3.05, 3.63) is 33.7 Å². The molecule has 3 rings (SSSR count). The summed E-state index contributed by atoms with van der Waals surface area (Å²) in [6.45, 7) is 1.38. The van der Waals surface area contributed by atoms with E-state index in [9.17, 15) is 9.90 Å². The first-order chi connectivity index (χ1) is 11.1. The van der Waals surface area contributed by atoms with Gasteiger partial charge in [0.25, 0.3) is 0 Å². The number of benzene rings is 1. The topological polar surface area (TPSA) is 62.7 Å². The summed E-state index contributed by atoms with van der Waals surface area (Å²) in [5.41, 5.74) is 1.84. The lowest BCUT2D eigenvalue weighted by molar-refractivity contribution is -0.142. The van der Waals surface area contributed by atoms with Crippen LogP contribution in [0.25, 0.3) is 10.6 Å². The maximum absolute atomic E-state index is 11.3. The van der Waals surface area contributed by atoms with E-state index in [2.05, 4.69) is 20.9 Å². The van der Waals surface area contributed by atoms with Gasteiger partial charge in [0.1, 0.15) is 16.8 Å². The first-order valence-electron chi connectivity index (χ1n) is 7.33. The van der Waals surface area contributed by atoms with Gasteiger partial charge in [-0.3, -0.25) is 9.69 Å². The quantitative estimate of drug-likeness (QED) is 0.835. The number of carboxylic acid groups (broad SMARTS) is 1. The van der Waals surface area contributed by atoms with Crippen molar-refractivity contribution in [1.82, 2.24) is 9.88 Å². The zero-order valence-corrected chi connectivity index (χ0v) is 15.1. The molecular weight excluding hydrogens is 380 g/mol. The lowest BCUT2D eigenvalue weighted by Crippen LogP contribution is -2.35. The van der Waals surface area contributed by atoms with E-state index in [1.54, 1.807) is 18.4 Å². The van der Waals surface area contributed by atoms with Crippen LogP contribution in [0.15, 0.2) is 28.1 Å². The predicted molar refractivity (Wildman–Crippen MR) is 92.9 cm³/mol. The first-order valence-corrected chi connectivity index (χ1v) is 9.01. The van der Waals surface area contributed by atoms with Crippen LogP contribution < -0.4 is 4.74 Å². The fraction of sp³-hybridized carbons (Fsp3) is 0.375. The second-order valence-corrected chi connectivity index (χ2v) is 7.23. The third-order valence-electron chi connectivity index (χ3n) is 3.96. The van der Waals surface area contributed by atoms with Crippen molar-refractivity contribution in [3.8, 4) is 16.3 Å². The fourth-order valence-electron chi connectivity index (χ4n) is 2.85. The van der Waals surface area contributed by atoms with E-state index < -0.39 is 5.97 Å². The third-order valence-corrected chi connectivity index (χ3v) is 5.38. The molecule has 1 atom stereocenters. The summed E-state index contributed by atoms with van der Waals surface area (Å²) >= 11 is 5.02. The van der Waals surface area contributed by atoms with Crippen LogP contribution >= 0.6 is 27.3 Å². The highest BCUT2D eigenvalue weighted by Crippen LogP contribution is 2.35. The number of rotatable bonds is 5. The van der Waals surface area contributed by atoms with Gasteiger partial charge in [0.05, 0.1) is 18.4 Å². The largest absolute Gasteiger partial charge is 0.496 e. The number of thiazole rings is 1. The SMILES string of the molecule is COc1ccc(Br)cc1-c1nc(CN2CCC[C@@H]2C(=O)O)cs1. The molecule has 1 aliphatic rings. The molecule has 1 aromatic heterocycles. The lowest BCUT2D eigenvalue weighted by Gasteiger charge is -2.19. The van der Waals surface area contributed by atoms with Crippen molar-refractivity contribution >= 4 is 33.2 Å². The number of hydrogen-bond donors (Lipinski definition) is 1. The number of aromatic nitrogens is 1. The highest BCUT2D eigenvalue weighted by molar-refractivity contribution is 9.10. The number of aliphatic carboxylic acids is 1. The zero-order valence-electron chi connectivity index (χ0n) is 12.7. The molecule has 0 unspecified atom stereocenters. The van der Waals surface area contributed by atoms with E-state index in [4.69, 9.17) is 4.74 Å². The average Bonchev–Trinajstić information content (AvgIpc) is 3.17. The zero-order chi connectivity index (χ0) is 16.4. The molecule has 0 radical (unpaired) electrons. The molecule has 1 fully saturated rings. The molecule has 122 valence electrons. The molecular formula is C16H17BrN2O3S. The number of methoxy groups -OCH3 is 1. The van der Waals surface area contributed by atoms with Gasteiger partial charge in [0, 0.05) is 16.4 Å². The second kappa shape index (κ2) is 6.98. The number of halogens is 1. The van der Waals surface area contributed by atoms with Crippen LogP contribution in [0.3, 0.4) is 0 Å². The van der Waals surface area contributed by atoms with Crippen molar-refractivity contribution in [2.24, 2.45) is 0 Å². The van der Waals surface area contributed by atoms with Gasteiger partial charge >= 0.3 is 5.97 Å². The molecule has 0 aliphatic carbocycles. The molecule has 2 aromatic rings. The van der Waals surface area contributed by atoms with Crippen molar-refractivity contribution in [2.75, 3.05) is 13.7 Å². The molecule has 23 heavy (non-hydrogen) atoms. The first kappa shape index (κ1) is 16.4. The molecule has 1 saturated heterocycles. The van der Waals surface area contributed by atoms with E-state index in [1.807, 2.05) is 28.5 Å². The highest BCUT2D eigenvalue weighted by atomic mass is 79.9. The highest BCUT2D eigenvalue weighted by Gasteiger charge is 2.30. The molecule has 1 aliphatic heterocycles. The molecule has 1 N–H and O–H groups in total. The van der Waals surface area contributed by atoms with Gasteiger partial charge in [0.2, 0.25) is 0 Å². The number of carbonyl (C=O) groups is 1. The smallest absolute Gasteiger partial charge is 0.320 e. The molecule has 1 aromatic carbocycles. The Bertz CT molecular complexity index is 719. The van der Waals surface area contributed by atoms with E-state index in [0.29, 0.717) is 13.0 Å². The van der Waals surface area contributed by atoms with Gasteiger partial charge in [-0.15, -0.1) is 11.3 Å². The van der Waals surface area contributed by atoms with Crippen LogP contribution in [-0.4, -0.2) is 40.7 Å². The van der Waals surface area contributed by atoms with Crippen molar-refractivity contribution in [3.63, 3.8) is 0 Å². The Balaban J connectivity index is 1.81. The van der Waals surface area contributed by atoms with Crippen LogP contribution in [-0.2, 0) is 11.3 Å². The van der Waals surface area contributed by atoms with Gasteiger partial charge in [0.15, 0.2) is 0 Å². The summed E-state index contributed by atoms with van der Waals surface area (Å²) in [6.07, 6.45) is 1.64. The standard InChI is InChI=1S/C16H17BrN2O3S/c1-22-14-5-4-10(17)7-12(14)15-18-11(9-23-15)8-19-6-2-3-13(19)16(20)21/h4-5,7,9,13H,2-3,6,8H2,1H3,(H,20,21)/t13-/m1/s1. The number of nitrogens with zero attached hydrogens (tertiary/aromatic N) is 2. The Labute approximate surface area is 147 Å². The molecule has 0 spiro atoms. The fourth-order valence-corrected chi connectivity index (χ4v) is 4.05. The normalized spacial score (nSPS) is 18.3. The van der Waals surface area contributed by atoms with Crippen LogP contribution in [0.4, 0.5) is 0 Å². The molecule has 2 heterocycles. The van der Waals surface area contributed by atoms with E-state index in [1.165, 1.54) is 0 Å². The molecule has 0 amide bonds. The monoisotopic (exact) mass is 396 g/mol. The maximum Gasteiger partial charge on any atom is 0.320 e. The van der Waals surface area contributed by atoms with Gasteiger partial charge < -0.3 is 9.84 Å². The average molecular weight is 397 g/mol. The summed E-state index contributed by atoms with van der Waals surface area (Å²) in [7, 11) is 1.64. The number of ether oxygens (including phenoxy) is 1. The van der Waals surface area contributed by atoms with Crippen molar-refractivity contribution in [1.29, 1.82) is 0 Å². The van der Waals surface area contributed by atoms with Crippen LogP contribution in [0.2, 0.25) is 0 Å². The third kappa shape index (κ3) is 3.57. The minimum Gasteiger partial charge on any atom is -0.496 e. The summed E-state index contributed by atoms with van der Waals surface area (Å²) in [5.74, 6) is 0.0327. The Morgan fingerprint density at radius 3 is 3.13 bits per heavy atom. The van der Waals surface area contributed by atoms with Gasteiger partial charge in [-0.2, -0.15) is 0 Å². The number of hydrogen-bond acceptors (Lipinski definition) is 5. The van der Waals surface area contributed by atoms with Crippen LogP contribution in [0, 0.1) is 0 Å². The molecule has 7 heteroatoms. The van der Waals surface area contributed by atoms with Gasteiger partial charge in [-0.05, 0) is 37.6 Å². The Morgan fingerprint density at radius 1 is 1.57 bits per heavy atom. The molecule has 0 bridgehead atoms.